The summed E-state index contributed by atoms with van der Waals surface area (Å²) in [4.78, 5) is 24.5. The molecule has 0 fully saturated rings. The maximum atomic E-state index is 12.3. The van der Waals surface area contributed by atoms with Gasteiger partial charge in [0.1, 0.15) is 11.6 Å². The predicted molar refractivity (Wildman–Crippen MR) is 115 cm³/mol. The van der Waals surface area contributed by atoms with Gasteiger partial charge in [0.05, 0.1) is 6.61 Å². The van der Waals surface area contributed by atoms with Crippen molar-refractivity contribution in [2.24, 2.45) is 0 Å². The topological polar surface area (TPSA) is 93.3 Å². The third-order valence-electron chi connectivity index (χ3n) is 4.99. The van der Waals surface area contributed by atoms with E-state index in [1.54, 1.807) is 13.2 Å². The second-order valence-corrected chi connectivity index (χ2v) is 7.01. The van der Waals surface area contributed by atoms with Crippen LogP contribution in [0.3, 0.4) is 0 Å². The van der Waals surface area contributed by atoms with Crippen LogP contribution >= 0.6 is 0 Å². The lowest BCUT2D eigenvalue weighted by atomic mass is 10.1. The molecule has 0 radical (unpaired) electrons. The van der Waals surface area contributed by atoms with Crippen molar-refractivity contribution >= 4 is 23.6 Å². The van der Waals surface area contributed by atoms with Crippen molar-refractivity contribution in [2.45, 2.75) is 34.2 Å². The Hall–Kier alpha value is -3.37. The Labute approximate surface area is 176 Å². The third kappa shape index (κ3) is 5.58. The largest absolute Gasteiger partial charge is 0.451 e. The van der Waals surface area contributed by atoms with Crippen LogP contribution in [0.25, 0.3) is 6.08 Å². The van der Waals surface area contributed by atoms with Crippen LogP contribution in [0.5, 0.6) is 0 Å². The van der Waals surface area contributed by atoms with Crippen LogP contribution in [0.15, 0.2) is 29.8 Å². The number of amides is 1. The smallest absolute Gasteiger partial charge is 0.349 e. The summed E-state index contributed by atoms with van der Waals surface area (Å²) in [6, 6.07) is 9.31. The summed E-state index contributed by atoms with van der Waals surface area (Å²) < 4.78 is 12.2. The van der Waals surface area contributed by atoms with Crippen LogP contribution in [0.4, 0.5) is 5.69 Å². The van der Waals surface area contributed by atoms with Crippen LogP contribution in [0, 0.1) is 39.0 Å². The van der Waals surface area contributed by atoms with E-state index in [9.17, 15) is 14.9 Å². The van der Waals surface area contributed by atoms with E-state index in [1.165, 1.54) is 6.08 Å². The number of benzene rings is 1. The predicted octanol–water partition coefficient (Wildman–Crippen LogP) is 3.46. The molecule has 0 unspecified atom stereocenters. The van der Waals surface area contributed by atoms with Gasteiger partial charge >= 0.3 is 5.97 Å². The lowest BCUT2D eigenvalue weighted by molar-refractivity contribution is -0.142. The van der Waals surface area contributed by atoms with Crippen molar-refractivity contribution < 1.29 is 19.1 Å². The molecule has 0 bridgehead atoms. The van der Waals surface area contributed by atoms with Crippen molar-refractivity contribution in [2.75, 3.05) is 25.6 Å². The number of ether oxygens (including phenoxy) is 2. The second kappa shape index (κ2) is 10.4. The molecule has 0 saturated heterocycles. The zero-order valence-corrected chi connectivity index (χ0v) is 18.0. The maximum absolute atomic E-state index is 12.3. The van der Waals surface area contributed by atoms with Gasteiger partial charge in [0, 0.05) is 30.7 Å². The minimum Gasteiger partial charge on any atom is -0.451 e. The summed E-state index contributed by atoms with van der Waals surface area (Å²) in [5.41, 5.74) is 5.14. The van der Waals surface area contributed by atoms with Gasteiger partial charge in [0.25, 0.3) is 5.91 Å². The molecule has 2 aromatic rings. The fourth-order valence-electron chi connectivity index (χ4n) is 3.07. The Balaban J connectivity index is 2.05. The Morgan fingerprint density at radius 1 is 1.23 bits per heavy atom. The summed E-state index contributed by atoms with van der Waals surface area (Å²) in [7, 11) is 1.63. The molecular formula is C23H27N3O4. The third-order valence-corrected chi connectivity index (χ3v) is 4.99. The highest BCUT2D eigenvalue weighted by molar-refractivity contribution is 6.00. The molecule has 1 amide bonds. The molecule has 0 aliphatic carbocycles. The van der Waals surface area contributed by atoms with Crippen molar-refractivity contribution in [3.8, 4) is 6.07 Å². The summed E-state index contributed by atoms with van der Waals surface area (Å²) in [5, 5.41) is 12.1. The van der Waals surface area contributed by atoms with Crippen molar-refractivity contribution in [3.05, 3.63) is 57.9 Å². The van der Waals surface area contributed by atoms with Crippen LogP contribution in [-0.2, 0) is 25.6 Å². The lowest BCUT2D eigenvalue weighted by Crippen LogP contribution is -2.22. The van der Waals surface area contributed by atoms with Crippen LogP contribution < -0.4 is 5.32 Å². The molecule has 7 heteroatoms. The fourth-order valence-corrected chi connectivity index (χ4v) is 3.07. The van der Waals surface area contributed by atoms with Gasteiger partial charge in [0.15, 0.2) is 6.61 Å². The Morgan fingerprint density at radius 3 is 2.63 bits per heavy atom. The molecule has 0 aliphatic heterocycles. The number of anilines is 1. The minimum absolute atomic E-state index is 0.165. The van der Waals surface area contributed by atoms with Gasteiger partial charge in [-0.3, -0.25) is 4.79 Å². The molecule has 7 nitrogen and oxygen atoms in total. The highest BCUT2D eigenvalue weighted by Gasteiger charge is 2.16. The van der Waals surface area contributed by atoms with E-state index in [-0.39, 0.29) is 5.57 Å². The van der Waals surface area contributed by atoms with Gasteiger partial charge in [-0.25, -0.2) is 4.79 Å². The van der Waals surface area contributed by atoms with E-state index >= 15 is 0 Å². The zero-order chi connectivity index (χ0) is 22.3. The molecule has 1 aromatic heterocycles. The van der Waals surface area contributed by atoms with Gasteiger partial charge in [-0.15, -0.1) is 0 Å². The van der Waals surface area contributed by atoms with Gasteiger partial charge in [-0.2, -0.15) is 5.26 Å². The van der Waals surface area contributed by atoms with E-state index in [0.29, 0.717) is 18.8 Å². The number of methoxy groups -OCH3 is 1. The number of hydrogen-bond donors (Lipinski definition) is 1. The van der Waals surface area contributed by atoms with E-state index in [2.05, 4.69) is 5.32 Å². The molecule has 158 valence electrons. The molecule has 0 atom stereocenters. The van der Waals surface area contributed by atoms with Crippen LogP contribution in [-0.4, -0.2) is 36.8 Å². The highest BCUT2D eigenvalue weighted by atomic mass is 16.5. The van der Waals surface area contributed by atoms with Crippen molar-refractivity contribution in [1.29, 1.82) is 5.26 Å². The molecule has 1 N–H and O–H groups in total. The Kier molecular flexibility index (Phi) is 7.96. The molecule has 2 rings (SSSR count). The number of aryl methyl sites for hydroxylation is 2. The van der Waals surface area contributed by atoms with E-state index in [4.69, 9.17) is 9.47 Å². The molecule has 1 heterocycles. The number of hydrogen-bond acceptors (Lipinski definition) is 5. The first-order chi connectivity index (χ1) is 14.3. The van der Waals surface area contributed by atoms with Crippen molar-refractivity contribution in [1.82, 2.24) is 4.57 Å². The molecule has 0 saturated carbocycles. The lowest BCUT2D eigenvalue weighted by Gasteiger charge is -2.10. The highest BCUT2D eigenvalue weighted by Crippen LogP contribution is 2.19. The number of carbonyl (C=O) groups excluding carboxylic acids is 2. The Morgan fingerprint density at radius 2 is 1.97 bits per heavy atom. The Bertz CT molecular complexity index is 1010. The number of rotatable bonds is 8. The number of esters is 1. The van der Waals surface area contributed by atoms with Gasteiger partial charge < -0.3 is 19.4 Å². The number of nitrogens with one attached hydrogen (secondary N) is 1. The van der Waals surface area contributed by atoms with E-state index < -0.39 is 18.5 Å². The first-order valence-electron chi connectivity index (χ1n) is 9.59. The first kappa shape index (κ1) is 22.9. The molecule has 0 spiro atoms. The molecule has 0 aliphatic rings. The summed E-state index contributed by atoms with van der Waals surface area (Å²) >= 11 is 0. The number of aromatic nitrogens is 1. The number of nitriles is 1. The summed E-state index contributed by atoms with van der Waals surface area (Å²) in [5.74, 6) is -1.30. The zero-order valence-electron chi connectivity index (χ0n) is 18.0. The monoisotopic (exact) mass is 409 g/mol. The van der Waals surface area contributed by atoms with E-state index in [1.807, 2.05) is 56.5 Å². The average molecular weight is 409 g/mol. The van der Waals surface area contributed by atoms with E-state index in [0.717, 1.165) is 28.1 Å². The van der Waals surface area contributed by atoms with Crippen molar-refractivity contribution in [3.63, 3.8) is 0 Å². The SMILES string of the molecule is COCCn1c(C)cc(/C=C(\C#N)C(=O)OCC(=O)Nc2cccc(C)c2C)c1C. The number of carbonyl (C=O) groups is 2. The normalized spacial score (nSPS) is 11.1. The second-order valence-electron chi connectivity index (χ2n) is 7.01. The molecule has 1 aromatic carbocycles. The van der Waals surface area contributed by atoms with Crippen LogP contribution in [0.1, 0.15) is 28.1 Å². The quantitative estimate of drug-likeness (QED) is 0.409. The molecule has 30 heavy (non-hydrogen) atoms. The van der Waals surface area contributed by atoms with Gasteiger partial charge in [-0.1, -0.05) is 12.1 Å². The van der Waals surface area contributed by atoms with Crippen LogP contribution in [0.2, 0.25) is 0 Å². The van der Waals surface area contributed by atoms with Gasteiger partial charge in [-0.05, 0) is 62.6 Å². The standard InChI is InChI=1S/C23H27N3O4/c1-15-7-6-8-21(17(15)3)25-22(27)14-30-23(28)20(13-24)12-19-11-16(2)26(18(19)4)9-10-29-5/h6-8,11-12H,9-10,14H2,1-5H3,(H,25,27)/b20-12+. The molecular weight excluding hydrogens is 382 g/mol. The summed E-state index contributed by atoms with van der Waals surface area (Å²) in [6.07, 6.45) is 1.48. The maximum Gasteiger partial charge on any atom is 0.349 e. The summed E-state index contributed by atoms with van der Waals surface area (Å²) in [6.45, 7) is 8.46. The average Bonchev–Trinajstić information content (AvgIpc) is 2.98. The fraction of sp³-hybridized carbons (Fsp3) is 0.348. The number of nitrogens with zero attached hydrogens (tertiary/aromatic N) is 2. The van der Waals surface area contributed by atoms with Gasteiger partial charge in [0.2, 0.25) is 0 Å². The first-order valence-corrected chi connectivity index (χ1v) is 9.59. The minimum atomic E-state index is -0.838.